The standard InChI is InChI=1S/C20H22N2O3/c1-3-11-10-22-15-8-12(11)17(18(23)24-2)19-9-16(22)25-20(15,19)21-14-7-5-4-6-13(14)19/h3-7,12,15-17,21H,8-10H2,1-2H3/b11-3+/t12-,15-,16-,17-,19-,20-/m0/s1. The van der Waals surface area contributed by atoms with Crippen molar-refractivity contribution in [2.75, 3.05) is 19.0 Å². The second-order valence-electron chi connectivity index (χ2n) is 8.05. The third-order valence-electron chi connectivity index (χ3n) is 7.53. The van der Waals surface area contributed by atoms with Gasteiger partial charge in [-0.05, 0) is 30.9 Å². The van der Waals surface area contributed by atoms with Crippen LogP contribution in [0.15, 0.2) is 35.9 Å². The Balaban J connectivity index is 1.67. The average Bonchev–Trinajstić information content (AvgIpc) is 3.22. The van der Waals surface area contributed by atoms with Crippen LogP contribution in [0.3, 0.4) is 0 Å². The summed E-state index contributed by atoms with van der Waals surface area (Å²) < 4.78 is 12.0. The minimum Gasteiger partial charge on any atom is -0.469 e. The van der Waals surface area contributed by atoms with Crippen LogP contribution in [-0.4, -0.2) is 42.5 Å². The Labute approximate surface area is 147 Å². The van der Waals surface area contributed by atoms with E-state index in [9.17, 15) is 4.79 Å². The quantitative estimate of drug-likeness (QED) is 0.629. The zero-order valence-corrected chi connectivity index (χ0v) is 14.5. The summed E-state index contributed by atoms with van der Waals surface area (Å²) in [7, 11) is 1.52. The number of anilines is 1. The molecule has 130 valence electrons. The number of rotatable bonds is 1. The third kappa shape index (κ3) is 1.30. The van der Waals surface area contributed by atoms with E-state index in [1.54, 1.807) is 0 Å². The van der Waals surface area contributed by atoms with Crippen molar-refractivity contribution in [3.05, 3.63) is 41.5 Å². The van der Waals surface area contributed by atoms with Crippen molar-refractivity contribution in [1.82, 2.24) is 4.90 Å². The monoisotopic (exact) mass is 338 g/mol. The molecular formula is C20H22N2O3. The van der Waals surface area contributed by atoms with E-state index in [1.807, 2.05) is 0 Å². The molecule has 4 bridgehead atoms. The number of nitrogens with zero attached hydrogens (tertiary/aromatic N) is 1. The fourth-order valence-corrected chi connectivity index (χ4v) is 6.75. The Morgan fingerprint density at radius 2 is 2.28 bits per heavy atom. The van der Waals surface area contributed by atoms with Crippen LogP contribution in [0.5, 0.6) is 0 Å². The number of benzene rings is 1. The number of nitrogens with one attached hydrogen (secondary N) is 1. The Bertz CT molecular complexity index is 836. The number of fused-ring (bicyclic) bond motifs is 4. The zero-order chi connectivity index (χ0) is 17.0. The fraction of sp³-hybridized carbons (Fsp3) is 0.550. The molecule has 4 fully saturated rings. The van der Waals surface area contributed by atoms with Crippen molar-refractivity contribution in [1.29, 1.82) is 0 Å². The number of ether oxygens (including phenoxy) is 2. The van der Waals surface area contributed by atoms with Crippen molar-refractivity contribution < 1.29 is 14.3 Å². The number of esters is 1. The number of para-hydroxylation sites is 1. The first kappa shape index (κ1) is 14.3. The minimum atomic E-state index is -0.490. The Morgan fingerprint density at radius 3 is 3.08 bits per heavy atom. The van der Waals surface area contributed by atoms with Crippen molar-refractivity contribution >= 4 is 11.7 Å². The van der Waals surface area contributed by atoms with Crippen LogP contribution in [-0.2, 0) is 19.7 Å². The molecule has 1 aromatic carbocycles. The van der Waals surface area contributed by atoms with Crippen LogP contribution in [0.1, 0.15) is 25.3 Å². The van der Waals surface area contributed by atoms with E-state index in [2.05, 4.69) is 47.5 Å². The molecule has 0 aromatic heterocycles. The molecule has 0 radical (unpaired) electrons. The molecule has 5 heteroatoms. The van der Waals surface area contributed by atoms with Crippen molar-refractivity contribution in [2.45, 2.75) is 43.2 Å². The lowest BCUT2D eigenvalue weighted by Gasteiger charge is -2.60. The van der Waals surface area contributed by atoms with Crippen LogP contribution in [0, 0.1) is 11.8 Å². The molecule has 4 heterocycles. The van der Waals surface area contributed by atoms with E-state index in [-0.39, 0.29) is 29.4 Å². The third-order valence-corrected chi connectivity index (χ3v) is 7.53. The predicted octanol–water partition coefficient (Wildman–Crippen LogP) is 2.25. The molecule has 6 atom stereocenters. The number of carbonyl (C=O) groups is 1. The van der Waals surface area contributed by atoms with Gasteiger partial charge in [-0.2, -0.15) is 0 Å². The van der Waals surface area contributed by atoms with Crippen molar-refractivity contribution in [2.24, 2.45) is 11.8 Å². The van der Waals surface area contributed by atoms with Crippen LogP contribution in [0.25, 0.3) is 0 Å². The van der Waals surface area contributed by atoms with Crippen molar-refractivity contribution in [3.63, 3.8) is 0 Å². The highest BCUT2D eigenvalue weighted by molar-refractivity contribution is 5.81. The van der Waals surface area contributed by atoms with E-state index in [1.165, 1.54) is 18.2 Å². The van der Waals surface area contributed by atoms with Crippen LogP contribution >= 0.6 is 0 Å². The lowest BCUT2D eigenvalue weighted by atomic mass is 9.49. The number of hydrogen-bond donors (Lipinski definition) is 1. The van der Waals surface area contributed by atoms with Gasteiger partial charge >= 0.3 is 5.97 Å². The Hall–Kier alpha value is -1.85. The predicted molar refractivity (Wildman–Crippen MR) is 91.8 cm³/mol. The summed E-state index contributed by atoms with van der Waals surface area (Å²) in [5, 5.41) is 3.73. The molecule has 1 spiro atoms. The smallest absolute Gasteiger partial charge is 0.310 e. The molecule has 1 N–H and O–H groups in total. The number of piperidine rings is 2. The van der Waals surface area contributed by atoms with E-state index in [4.69, 9.17) is 9.47 Å². The second kappa shape index (κ2) is 4.27. The molecule has 6 rings (SSSR count). The second-order valence-corrected chi connectivity index (χ2v) is 8.05. The summed E-state index contributed by atoms with van der Waals surface area (Å²) in [4.78, 5) is 15.6. The summed E-state index contributed by atoms with van der Waals surface area (Å²) in [5.74, 6) is -0.0451. The van der Waals surface area contributed by atoms with Crippen LogP contribution in [0.4, 0.5) is 5.69 Å². The molecule has 1 saturated carbocycles. The molecule has 5 aliphatic rings. The minimum absolute atomic E-state index is 0.0780. The van der Waals surface area contributed by atoms with Crippen molar-refractivity contribution in [3.8, 4) is 0 Å². The highest BCUT2D eigenvalue weighted by Gasteiger charge is 2.82. The first-order valence-corrected chi connectivity index (χ1v) is 9.20. The lowest BCUT2D eigenvalue weighted by molar-refractivity contribution is -0.161. The Kier molecular flexibility index (Phi) is 2.45. The van der Waals surface area contributed by atoms with Gasteiger partial charge in [0.15, 0.2) is 5.72 Å². The number of allylic oxidation sites excluding steroid dienone is 1. The largest absolute Gasteiger partial charge is 0.469 e. The van der Waals surface area contributed by atoms with Gasteiger partial charge in [-0.1, -0.05) is 29.8 Å². The maximum atomic E-state index is 13.1. The SMILES string of the molecule is C/C=C1\CN2[C@@H]3C[C@@]45c6ccccc6N[C@]4(O3)[C@@H]2C[C@@H]1[C@H]5C(=O)OC. The van der Waals surface area contributed by atoms with Gasteiger partial charge in [0.05, 0.1) is 24.5 Å². The lowest BCUT2D eigenvalue weighted by Crippen LogP contribution is -2.73. The van der Waals surface area contributed by atoms with Gasteiger partial charge in [0, 0.05) is 18.7 Å². The van der Waals surface area contributed by atoms with E-state index >= 15 is 0 Å². The molecule has 1 aromatic rings. The molecule has 0 unspecified atom stereocenters. The molecule has 3 saturated heterocycles. The van der Waals surface area contributed by atoms with Gasteiger partial charge in [-0.25, -0.2) is 0 Å². The van der Waals surface area contributed by atoms with Crippen LogP contribution in [0.2, 0.25) is 0 Å². The normalized spacial score (nSPS) is 46.9. The van der Waals surface area contributed by atoms with Gasteiger partial charge in [-0.15, -0.1) is 0 Å². The topological polar surface area (TPSA) is 50.8 Å². The zero-order valence-electron chi connectivity index (χ0n) is 14.5. The summed E-state index contributed by atoms with van der Waals surface area (Å²) >= 11 is 0. The first-order chi connectivity index (χ1) is 12.2. The maximum Gasteiger partial charge on any atom is 0.310 e. The first-order valence-electron chi connectivity index (χ1n) is 9.20. The Morgan fingerprint density at radius 1 is 1.44 bits per heavy atom. The van der Waals surface area contributed by atoms with Gasteiger partial charge in [-0.3, -0.25) is 9.69 Å². The molecule has 25 heavy (non-hydrogen) atoms. The highest BCUT2D eigenvalue weighted by Crippen LogP contribution is 2.72. The number of hydrogen-bond acceptors (Lipinski definition) is 5. The fourth-order valence-electron chi connectivity index (χ4n) is 6.75. The average molecular weight is 338 g/mol. The van der Waals surface area contributed by atoms with Gasteiger partial charge < -0.3 is 14.8 Å². The number of methoxy groups -OCH3 is 1. The van der Waals surface area contributed by atoms with E-state index in [0.29, 0.717) is 6.04 Å². The highest BCUT2D eigenvalue weighted by atomic mass is 16.6. The summed E-state index contributed by atoms with van der Waals surface area (Å²) in [6.07, 6.45) is 4.10. The summed E-state index contributed by atoms with van der Waals surface area (Å²) in [5.41, 5.74) is 2.89. The molecular weight excluding hydrogens is 316 g/mol. The van der Waals surface area contributed by atoms with Gasteiger partial charge in [0.25, 0.3) is 0 Å². The molecule has 4 aliphatic heterocycles. The molecule has 0 amide bonds. The van der Waals surface area contributed by atoms with E-state index in [0.717, 1.165) is 25.1 Å². The maximum absolute atomic E-state index is 13.1. The van der Waals surface area contributed by atoms with Crippen LogP contribution < -0.4 is 5.32 Å². The molecule has 5 nitrogen and oxygen atoms in total. The van der Waals surface area contributed by atoms with Gasteiger partial charge in [0.1, 0.15) is 6.23 Å². The van der Waals surface area contributed by atoms with Gasteiger partial charge in [0.2, 0.25) is 0 Å². The summed E-state index contributed by atoms with van der Waals surface area (Å²) in [6, 6.07) is 8.74. The number of carbonyl (C=O) groups excluding carboxylic acids is 1. The molecule has 1 aliphatic carbocycles. The summed E-state index contributed by atoms with van der Waals surface area (Å²) in [6.45, 7) is 2.99. The van der Waals surface area contributed by atoms with E-state index < -0.39 is 5.72 Å².